The van der Waals surface area contributed by atoms with Crippen LogP contribution in [0.4, 0.5) is 0 Å². The van der Waals surface area contributed by atoms with Gasteiger partial charge in [0.05, 0.1) is 29.3 Å². The highest BCUT2D eigenvalue weighted by Crippen LogP contribution is 2.37. The van der Waals surface area contributed by atoms with Gasteiger partial charge in [-0.3, -0.25) is 4.79 Å². The molecule has 0 heterocycles. The molecule has 0 aromatic heterocycles. The molecule has 30 heavy (non-hydrogen) atoms. The fraction of sp³-hybridized carbons (Fsp3) is 0.762. The van der Waals surface area contributed by atoms with Gasteiger partial charge >= 0.3 is 17.9 Å². The molecule has 0 saturated heterocycles. The van der Waals surface area contributed by atoms with E-state index in [0.717, 1.165) is 12.2 Å². The maximum atomic E-state index is 12.1. The first-order chi connectivity index (χ1) is 13.6. The van der Waals surface area contributed by atoms with Crippen LogP contribution in [0.25, 0.3) is 0 Å². The molecule has 0 saturated carbocycles. The number of hydrogen-bond donors (Lipinski definition) is 1. The van der Waals surface area contributed by atoms with E-state index in [0.29, 0.717) is 6.42 Å². The maximum Gasteiger partial charge on any atom is 0.331 e. The van der Waals surface area contributed by atoms with Crippen LogP contribution in [0.15, 0.2) is 12.2 Å². The molecule has 0 aliphatic carbocycles. The molecule has 8 nitrogen and oxygen atoms in total. The van der Waals surface area contributed by atoms with Gasteiger partial charge in [-0.1, -0.05) is 36.4 Å². The number of alkyl halides is 1. The van der Waals surface area contributed by atoms with E-state index >= 15 is 0 Å². The molecule has 2 N–H and O–H groups in total. The van der Waals surface area contributed by atoms with E-state index in [1.165, 1.54) is 0 Å². The molecule has 0 aliphatic rings. The Bertz CT molecular complexity index is 607. The second kappa shape index (κ2) is 12.6. The molecule has 0 spiro atoms. The van der Waals surface area contributed by atoms with Gasteiger partial charge in [-0.2, -0.15) is 0 Å². The SMILES string of the molecule is CC(C)(C)OCCOC(=O)/C=C/C(=O)OC(C)(C)C(C)(C)CCOC(=O)CC(N)I. The summed E-state index contributed by atoms with van der Waals surface area (Å²) in [6, 6.07) is 0. The Hall–Kier alpha value is -1.20. The quantitative estimate of drug-likeness (QED) is 0.0762. The van der Waals surface area contributed by atoms with Crippen molar-refractivity contribution in [2.24, 2.45) is 11.1 Å². The zero-order valence-corrected chi connectivity index (χ0v) is 21.2. The minimum absolute atomic E-state index is 0.0925. The van der Waals surface area contributed by atoms with E-state index in [9.17, 15) is 14.4 Å². The van der Waals surface area contributed by atoms with Crippen LogP contribution < -0.4 is 5.73 Å². The Morgan fingerprint density at radius 3 is 2.00 bits per heavy atom. The monoisotopic (exact) mass is 541 g/mol. The summed E-state index contributed by atoms with van der Waals surface area (Å²) in [6.07, 6.45) is 2.68. The third-order valence-corrected chi connectivity index (χ3v) is 5.00. The number of ether oxygens (including phenoxy) is 4. The molecule has 174 valence electrons. The Morgan fingerprint density at radius 1 is 0.900 bits per heavy atom. The minimum atomic E-state index is -0.870. The Kier molecular flexibility index (Phi) is 12.1. The second-order valence-corrected chi connectivity index (χ2v) is 10.6. The largest absolute Gasteiger partial charge is 0.466 e. The lowest BCUT2D eigenvalue weighted by atomic mass is 9.74. The lowest BCUT2D eigenvalue weighted by Gasteiger charge is -2.40. The Balaban J connectivity index is 4.49. The summed E-state index contributed by atoms with van der Waals surface area (Å²) in [6.45, 7) is 13.6. The van der Waals surface area contributed by atoms with Crippen molar-refractivity contribution in [1.29, 1.82) is 0 Å². The summed E-state index contributed by atoms with van der Waals surface area (Å²) in [5, 5.41) is 0. The first-order valence-electron chi connectivity index (χ1n) is 9.83. The summed E-state index contributed by atoms with van der Waals surface area (Å²) in [4.78, 5) is 35.4. The van der Waals surface area contributed by atoms with Crippen LogP contribution in [0.1, 0.15) is 61.3 Å². The minimum Gasteiger partial charge on any atom is -0.466 e. The third kappa shape index (κ3) is 13.2. The lowest BCUT2D eigenvalue weighted by molar-refractivity contribution is -0.165. The van der Waals surface area contributed by atoms with Gasteiger partial charge in [-0.05, 0) is 41.0 Å². The first kappa shape index (κ1) is 28.8. The van der Waals surface area contributed by atoms with Crippen molar-refractivity contribution < 1.29 is 33.3 Å². The highest BCUT2D eigenvalue weighted by Gasteiger charge is 2.40. The third-order valence-electron chi connectivity index (χ3n) is 4.56. The summed E-state index contributed by atoms with van der Waals surface area (Å²) in [5.41, 5.74) is 3.88. The number of carbonyl (C=O) groups excluding carboxylic acids is 3. The average Bonchev–Trinajstić information content (AvgIpc) is 2.54. The predicted octanol–water partition coefficient (Wildman–Crippen LogP) is 3.29. The van der Waals surface area contributed by atoms with Gasteiger partial charge in [0.25, 0.3) is 0 Å². The molecule has 0 rings (SSSR count). The number of carbonyl (C=O) groups is 3. The molecule has 0 bridgehead atoms. The molecular formula is C21H36INO7. The molecular weight excluding hydrogens is 505 g/mol. The molecule has 9 heteroatoms. The number of halogens is 1. The van der Waals surface area contributed by atoms with Crippen molar-refractivity contribution in [3.8, 4) is 0 Å². The van der Waals surface area contributed by atoms with Crippen molar-refractivity contribution in [1.82, 2.24) is 0 Å². The Morgan fingerprint density at radius 2 is 1.47 bits per heavy atom. The smallest absolute Gasteiger partial charge is 0.331 e. The molecule has 0 aliphatic heterocycles. The van der Waals surface area contributed by atoms with Crippen LogP contribution in [-0.4, -0.2) is 53.0 Å². The van der Waals surface area contributed by atoms with E-state index in [4.69, 9.17) is 24.7 Å². The molecule has 0 aromatic carbocycles. The molecule has 0 radical (unpaired) electrons. The zero-order chi connectivity index (χ0) is 23.6. The number of rotatable bonds is 12. The Labute approximate surface area is 193 Å². The van der Waals surface area contributed by atoms with Gasteiger partial charge < -0.3 is 24.7 Å². The first-order valence-corrected chi connectivity index (χ1v) is 11.1. The fourth-order valence-electron chi connectivity index (χ4n) is 2.04. The van der Waals surface area contributed by atoms with E-state index in [1.807, 2.05) is 57.2 Å². The van der Waals surface area contributed by atoms with Crippen molar-refractivity contribution in [3.63, 3.8) is 0 Å². The van der Waals surface area contributed by atoms with Crippen molar-refractivity contribution in [2.75, 3.05) is 19.8 Å². The van der Waals surface area contributed by atoms with Gasteiger partial charge in [-0.15, -0.1) is 0 Å². The normalized spacial score (nSPS) is 13.8. The molecule has 0 aromatic rings. The molecule has 0 fully saturated rings. The summed E-state index contributed by atoms with van der Waals surface area (Å²) in [7, 11) is 0. The highest BCUT2D eigenvalue weighted by atomic mass is 127. The van der Waals surface area contributed by atoms with Crippen LogP contribution in [-0.2, 0) is 33.3 Å². The number of esters is 3. The average molecular weight is 541 g/mol. The van der Waals surface area contributed by atoms with E-state index < -0.39 is 23.0 Å². The maximum absolute atomic E-state index is 12.1. The van der Waals surface area contributed by atoms with E-state index in [-0.39, 0.29) is 41.9 Å². The van der Waals surface area contributed by atoms with Crippen molar-refractivity contribution >= 4 is 40.5 Å². The topological polar surface area (TPSA) is 114 Å². The molecule has 0 amide bonds. The number of nitrogens with two attached hydrogens (primary N) is 1. The van der Waals surface area contributed by atoms with Crippen LogP contribution in [0, 0.1) is 5.41 Å². The zero-order valence-electron chi connectivity index (χ0n) is 19.1. The van der Waals surface area contributed by atoms with Gasteiger partial charge in [0.15, 0.2) is 0 Å². The van der Waals surface area contributed by atoms with Crippen molar-refractivity contribution in [2.45, 2.75) is 76.6 Å². The standard InChI is InChI=1S/C21H36INO7/c1-19(2,3)29-13-12-28-16(24)8-9-17(25)30-21(6,7)20(4,5)10-11-27-18(26)14-15(22)23/h8-9,15H,10-14,23H2,1-7H3/b9-8+. The molecule has 1 unspecified atom stereocenters. The van der Waals surface area contributed by atoms with Crippen LogP contribution in [0.5, 0.6) is 0 Å². The molecule has 1 atom stereocenters. The summed E-state index contributed by atoms with van der Waals surface area (Å²) < 4.78 is 20.8. The van der Waals surface area contributed by atoms with Gasteiger partial charge in [0.2, 0.25) is 0 Å². The summed E-state index contributed by atoms with van der Waals surface area (Å²) in [5.74, 6) is -1.68. The van der Waals surface area contributed by atoms with E-state index in [1.54, 1.807) is 13.8 Å². The fourth-order valence-corrected chi connectivity index (χ4v) is 2.40. The van der Waals surface area contributed by atoms with Gasteiger partial charge in [-0.25, -0.2) is 9.59 Å². The van der Waals surface area contributed by atoms with Crippen molar-refractivity contribution in [3.05, 3.63) is 12.2 Å². The lowest BCUT2D eigenvalue weighted by Crippen LogP contribution is -2.43. The van der Waals surface area contributed by atoms with Crippen LogP contribution >= 0.6 is 22.6 Å². The van der Waals surface area contributed by atoms with E-state index in [2.05, 4.69) is 0 Å². The summed E-state index contributed by atoms with van der Waals surface area (Å²) >= 11 is 1.95. The van der Waals surface area contributed by atoms with Crippen LogP contribution in [0.2, 0.25) is 0 Å². The number of hydrogen-bond acceptors (Lipinski definition) is 8. The van der Waals surface area contributed by atoms with Gasteiger partial charge in [0.1, 0.15) is 12.2 Å². The van der Waals surface area contributed by atoms with Crippen LogP contribution in [0.3, 0.4) is 0 Å². The van der Waals surface area contributed by atoms with Gasteiger partial charge in [0, 0.05) is 17.6 Å². The highest BCUT2D eigenvalue weighted by molar-refractivity contribution is 14.1. The predicted molar refractivity (Wildman–Crippen MR) is 122 cm³/mol. The second-order valence-electron chi connectivity index (χ2n) is 8.97.